The second kappa shape index (κ2) is 4.45. The molecule has 0 aliphatic heterocycles. The molecule has 1 aliphatic carbocycles. The molecule has 2 nitrogen and oxygen atoms in total. The van der Waals surface area contributed by atoms with E-state index in [0.717, 1.165) is 12.8 Å². The van der Waals surface area contributed by atoms with Crippen molar-refractivity contribution in [3.63, 3.8) is 0 Å². The van der Waals surface area contributed by atoms with Gasteiger partial charge in [-0.1, -0.05) is 19.4 Å². The lowest BCUT2D eigenvalue weighted by molar-refractivity contribution is -0.134. The van der Waals surface area contributed by atoms with Crippen LogP contribution in [0.2, 0.25) is 0 Å². The van der Waals surface area contributed by atoms with E-state index in [1.165, 1.54) is 19.1 Å². The van der Waals surface area contributed by atoms with Crippen LogP contribution in [0.4, 0.5) is 0 Å². The first kappa shape index (κ1) is 10.3. The monoisotopic (exact) mass is 182 g/mol. The first-order valence-corrected chi connectivity index (χ1v) is 4.89. The molecular weight excluding hydrogens is 164 g/mol. The largest absolute Gasteiger partial charge is 0.466 e. The van der Waals surface area contributed by atoms with E-state index in [4.69, 9.17) is 0 Å². The van der Waals surface area contributed by atoms with Crippen LogP contribution < -0.4 is 0 Å². The van der Waals surface area contributed by atoms with Crippen LogP contribution in [0.25, 0.3) is 0 Å². The molecule has 2 heteroatoms. The van der Waals surface area contributed by atoms with Gasteiger partial charge in [0.1, 0.15) is 0 Å². The predicted molar refractivity (Wildman–Crippen MR) is 52.3 cm³/mol. The van der Waals surface area contributed by atoms with Gasteiger partial charge >= 0.3 is 5.97 Å². The van der Waals surface area contributed by atoms with E-state index in [9.17, 15) is 4.79 Å². The van der Waals surface area contributed by atoms with Crippen molar-refractivity contribution in [1.29, 1.82) is 0 Å². The number of carbonyl (C=O) groups is 1. The van der Waals surface area contributed by atoms with Gasteiger partial charge in [0.2, 0.25) is 0 Å². The summed E-state index contributed by atoms with van der Waals surface area (Å²) >= 11 is 0. The Balaban J connectivity index is 2.59. The van der Waals surface area contributed by atoms with Crippen LogP contribution in [-0.4, -0.2) is 13.1 Å². The molecule has 0 radical (unpaired) electrons. The van der Waals surface area contributed by atoms with Gasteiger partial charge in [-0.15, -0.1) is 0 Å². The van der Waals surface area contributed by atoms with Crippen molar-refractivity contribution in [3.8, 4) is 0 Å². The maximum absolute atomic E-state index is 11.0. The summed E-state index contributed by atoms with van der Waals surface area (Å²) in [7, 11) is 1.43. The van der Waals surface area contributed by atoms with Gasteiger partial charge in [0, 0.05) is 6.08 Å². The fourth-order valence-electron chi connectivity index (χ4n) is 2.18. The SMILES string of the molecule is COC(=O)C=C1CC(C)CC(C)C1. The summed E-state index contributed by atoms with van der Waals surface area (Å²) in [5.41, 5.74) is 1.25. The van der Waals surface area contributed by atoms with Crippen LogP contribution in [0.3, 0.4) is 0 Å². The molecule has 0 amide bonds. The standard InChI is InChI=1S/C11H18O2/c1-8-4-9(2)6-10(5-8)7-11(12)13-3/h7-9H,4-6H2,1-3H3. The van der Waals surface area contributed by atoms with Gasteiger partial charge in [-0.2, -0.15) is 0 Å². The Kier molecular flexibility index (Phi) is 3.52. The number of hydrogen-bond acceptors (Lipinski definition) is 2. The molecule has 0 N–H and O–H groups in total. The lowest BCUT2D eigenvalue weighted by atomic mass is 9.80. The molecule has 1 aliphatic rings. The molecule has 1 fully saturated rings. The highest BCUT2D eigenvalue weighted by molar-refractivity contribution is 5.82. The Bertz CT molecular complexity index is 206. The summed E-state index contributed by atoms with van der Waals surface area (Å²) in [6.45, 7) is 4.47. The molecule has 2 unspecified atom stereocenters. The van der Waals surface area contributed by atoms with E-state index in [1.807, 2.05) is 0 Å². The minimum atomic E-state index is -0.212. The van der Waals surface area contributed by atoms with Crippen LogP contribution in [0.15, 0.2) is 11.6 Å². The normalized spacial score (nSPS) is 28.4. The zero-order chi connectivity index (χ0) is 9.84. The van der Waals surface area contributed by atoms with Crippen molar-refractivity contribution in [1.82, 2.24) is 0 Å². The van der Waals surface area contributed by atoms with Gasteiger partial charge in [0.15, 0.2) is 0 Å². The Labute approximate surface area is 80.0 Å². The van der Waals surface area contributed by atoms with E-state index in [2.05, 4.69) is 18.6 Å². The zero-order valence-electron chi connectivity index (χ0n) is 8.67. The molecule has 13 heavy (non-hydrogen) atoms. The highest BCUT2D eigenvalue weighted by Gasteiger charge is 2.19. The second-order valence-electron chi connectivity index (χ2n) is 4.18. The average Bonchev–Trinajstić information content (AvgIpc) is 2.02. The van der Waals surface area contributed by atoms with Crippen molar-refractivity contribution < 1.29 is 9.53 Å². The van der Waals surface area contributed by atoms with Gasteiger partial charge in [-0.25, -0.2) is 4.79 Å². The van der Waals surface area contributed by atoms with E-state index in [1.54, 1.807) is 6.08 Å². The van der Waals surface area contributed by atoms with Gasteiger partial charge in [-0.3, -0.25) is 0 Å². The summed E-state index contributed by atoms with van der Waals surface area (Å²) in [5, 5.41) is 0. The van der Waals surface area contributed by atoms with Crippen molar-refractivity contribution in [2.24, 2.45) is 11.8 Å². The van der Waals surface area contributed by atoms with Gasteiger partial charge in [-0.05, 0) is 31.1 Å². The van der Waals surface area contributed by atoms with Crippen molar-refractivity contribution in [2.45, 2.75) is 33.1 Å². The highest BCUT2D eigenvalue weighted by Crippen LogP contribution is 2.32. The molecule has 0 aromatic rings. The van der Waals surface area contributed by atoms with E-state index >= 15 is 0 Å². The van der Waals surface area contributed by atoms with Crippen LogP contribution in [-0.2, 0) is 9.53 Å². The molecule has 0 spiro atoms. The molecule has 2 atom stereocenters. The third kappa shape index (κ3) is 3.21. The number of hydrogen-bond donors (Lipinski definition) is 0. The van der Waals surface area contributed by atoms with Crippen LogP contribution in [0.1, 0.15) is 33.1 Å². The third-order valence-electron chi connectivity index (χ3n) is 2.55. The molecule has 0 heterocycles. The van der Waals surface area contributed by atoms with Gasteiger partial charge in [0.25, 0.3) is 0 Å². The smallest absolute Gasteiger partial charge is 0.330 e. The number of allylic oxidation sites excluding steroid dienone is 1. The van der Waals surface area contributed by atoms with Gasteiger partial charge in [0.05, 0.1) is 7.11 Å². The Morgan fingerprint density at radius 3 is 2.38 bits per heavy atom. The summed E-state index contributed by atoms with van der Waals surface area (Å²) < 4.78 is 4.61. The van der Waals surface area contributed by atoms with E-state index < -0.39 is 0 Å². The maximum Gasteiger partial charge on any atom is 0.330 e. The molecule has 0 bridgehead atoms. The lowest BCUT2D eigenvalue weighted by Gasteiger charge is -2.25. The molecule has 0 aromatic heterocycles. The molecule has 0 saturated heterocycles. The van der Waals surface area contributed by atoms with Crippen LogP contribution >= 0.6 is 0 Å². The van der Waals surface area contributed by atoms with Crippen molar-refractivity contribution in [3.05, 3.63) is 11.6 Å². The summed E-state index contributed by atoms with van der Waals surface area (Å²) in [6.07, 6.45) is 5.05. The fraction of sp³-hybridized carbons (Fsp3) is 0.727. The average molecular weight is 182 g/mol. The molecule has 1 rings (SSSR count). The fourth-order valence-corrected chi connectivity index (χ4v) is 2.18. The first-order chi connectivity index (χ1) is 6.11. The molecule has 74 valence electrons. The number of ether oxygens (including phenoxy) is 1. The van der Waals surface area contributed by atoms with E-state index in [0.29, 0.717) is 11.8 Å². The lowest BCUT2D eigenvalue weighted by Crippen LogP contribution is -2.13. The summed E-state index contributed by atoms with van der Waals surface area (Å²) in [6, 6.07) is 0. The summed E-state index contributed by atoms with van der Waals surface area (Å²) in [5.74, 6) is 1.20. The van der Waals surface area contributed by atoms with Crippen molar-refractivity contribution in [2.75, 3.05) is 7.11 Å². The Morgan fingerprint density at radius 2 is 1.92 bits per heavy atom. The first-order valence-electron chi connectivity index (χ1n) is 4.89. The minimum absolute atomic E-state index is 0.212. The molecular formula is C11H18O2. The Morgan fingerprint density at radius 1 is 1.38 bits per heavy atom. The minimum Gasteiger partial charge on any atom is -0.466 e. The number of carbonyl (C=O) groups excluding carboxylic acids is 1. The van der Waals surface area contributed by atoms with Crippen LogP contribution in [0, 0.1) is 11.8 Å². The van der Waals surface area contributed by atoms with Crippen molar-refractivity contribution >= 4 is 5.97 Å². The number of rotatable bonds is 1. The Hall–Kier alpha value is -0.790. The molecule has 0 aromatic carbocycles. The zero-order valence-corrected chi connectivity index (χ0v) is 8.67. The topological polar surface area (TPSA) is 26.3 Å². The molecule has 1 saturated carbocycles. The highest BCUT2D eigenvalue weighted by atomic mass is 16.5. The quantitative estimate of drug-likeness (QED) is 0.460. The van der Waals surface area contributed by atoms with E-state index in [-0.39, 0.29) is 5.97 Å². The van der Waals surface area contributed by atoms with Gasteiger partial charge < -0.3 is 4.74 Å². The summed E-state index contributed by atoms with van der Waals surface area (Å²) in [4.78, 5) is 11.0. The second-order valence-corrected chi connectivity index (χ2v) is 4.18. The van der Waals surface area contributed by atoms with Crippen LogP contribution in [0.5, 0.6) is 0 Å². The maximum atomic E-state index is 11.0. The number of methoxy groups -OCH3 is 1. The number of esters is 1. The predicted octanol–water partition coefficient (Wildman–Crippen LogP) is 2.54. The third-order valence-corrected chi connectivity index (χ3v) is 2.55.